The van der Waals surface area contributed by atoms with E-state index in [0.717, 1.165) is 6.54 Å². The van der Waals surface area contributed by atoms with E-state index in [1.54, 1.807) is 0 Å². The largest absolute Gasteiger partial charge is 0.378 e. The van der Waals surface area contributed by atoms with Gasteiger partial charge in [-0.15, -0.1) is 0 Å². The van der Waals surface area contributed by atoms with Gasteiger partial charge in [-0.1, -0.05) is 13.8 Å². The zero-order chi connectivity index (χ0) is 12.9. The monoisotopic (exact) mass is 250 g/mol. The van der Waals surface area contributed by atoms with Crippen molar-refractivity contribution in [2.45, 2.75) is 20.3 Å². The Bertz CT molecular complexity index is 196. The van der Waals surface area contributed by atoms with Crippen molar-refractivity contribution in [3.63, 3.8) is 0 Å². The number of likely N-dealkylation sites (N-methyl/N-ethyl adjacent to an activating group) is 1. The minimum absolute atomic E-state index is 0. The van der Waals surface area contributed by atoms with Gasteiger partial charge in [0, 0.05) is 22.4 Å². The van der Waals surface area contributed by atoms with Crippen molar-refractivity contribution in [1.82, 2.24) is 10.6 Å². The summed E-state index contributed by atoms with van der Waals surface area (Å²) in [6.07, 6.45) is 0.577. The lowest BCUT2D eigenvalue weighted by Gasteiger charge is -2.08. The molecule has 2 N–H and O–H groups in total. The maximum Gasteiger partial charge on any atom is 0.220 e. The fourth-order valence-electron chi connectivity index (χ4n) is 1.20. The Morgan fingerprint density at radius 3 is 2.24 bits per heavy atom. The number of ether oxygens (including phenoxy) is 2. The molecule has 0 aromatic heterocycles. The molecule has 0 aliphatic rings. The van der Waals surface area contributed by atoms with Gasteiger partial charge in [0.05, 0.1) is 26.4 Å². The lowest BCUT2D eigenvalue weighted by molar-refractivity contribution is -0.122. The molecule has 106 valence electrons. The number of nitrogens with one attached hydrogen (secondary N) is 2. The van der Waals surface area contributed by atoms with E-state index in [1.807, 2.05) is 20.9 Å². The number of rotatable bonds is 11. The van der Waals surface area contributed by atoms with Crippen molar-refractivity contribution >= 4 is 5.91 Å². The van der Waals surface area contributed by atoms with Gasteiger partial charge in [-0.25, -0.2) is 0 Å². The summed E-state index contributed by atoms with van der Waals surface area (Å²) in [5.74, 6) is 0.491. The van der Waals surface area contributed by atoms with Gasteiger partial charge in [0.2, 0.25) is 5.91 Å². The first kappa shape index (κ1) is 16.4. The molecule has 0 fully saturated rings. The highest BCUT2D eigenvalue weighted by molar-refractivity contribution is 5.75. The molecule has 5 nitrogen and oxygen atoms in total. The van der Waals surface area contributed by atoms with Gasteiger partial charge in [0.25, 0.3) is 0 Å². The van der Waals surface area contributed by atoms with E-state index in [4.69, 9.17) is 9.47 Å². The van der Waals surface area contributed by atoms with Crippen molar-refractivity contribution in [1.29, 1.82) is 0 Å². The zero-order valence-electron chi connectivity index (χ0n) is 11.3. The molecule has 0 rings (SSSR count). The van der Waals surface area contributed by atoms with Crippen molar-refractivity contribution < 1.29 is 17.1 Å². The van der Waals surface area contributed by atoms with Crippen LogP contribution in [0.3, 0.4) is 0 Å². The molecule has 0 spiro atoms. The summed E-state index contributed by atoms with van der Waals surface area (Å²) in [4.78, 5) is 11.3. The molecule has 0 aliphatic heterocycles. The predicted octanol–water partition coefficient (Wildman–Crippen LogP) is 0.893. The topological polar surface area (TPSA) is 59.6 Å². The van der Waals surface area contributed by atoms with Crippen LogP contribution < -0.4 is 10.6 Å². The Balaban J connectivity index is -0.00000128. The highest BCUT2D eigenvalue weighted by Gasteiger charge is 2.02. The third-order valence-electron chi connectivity index (χ3n) is 2.03. The molecule has 0 saturated heterocycles. The SMILES string of the molecule is CNCCOCCOCCNC(=O)CC(C)C.[HH].[HH]. The Hall–Kier alpha value is -0.650. The highest BCUT2D eigenvalue weighted by Crippen LogP contribution is 1.97. The molecular weight excluding hydrogens is 220 g/mol. The summed E-state index contributed by atoms with van der Waals surface area (Å²) in [5.41, 5.74) is 0. The summed E-state index contributed by atoms with van der Waals surface area (Å²) in [7, 11) is 1.89. The molecule has 0 aromatic carbocycles. The third-order valence-corrected chi connectivity index (χ3v) is 2.03. The lowest BCUT2D eigenvalue weighted by atomic mass is 10.1. The normalized spacial score (nSPS) is 10.8. The molecule has 1 amide bonds. The van der Waals surface area contributed by atoms with Crippen molar-refractivity contribution in [2.75, 3.05) is 46.6 Å². The molecule has 0 heterocycles. The molecule has 0 aliphatic carbocycles. The Labute approximate surface area is 107 Å². The van der Waals surface area contributed by atoms with E-state index in [2.05, 4.69) is 10.6 Å². The van der Waals surface area contributed by atoms with Gasteiger partial charge in [0.15, 0.2) is 0 Å². The molecule has 0 radical (unpaired) electrons. The van der Waals surface area contributed by atoms with Crippen LogP contribution >= 0.6 is 0 Å². The predicted molar refractivity (Wildman–Crippen MR) is 72.3 cm³/mol. The second-order valence-corrected chi connectivity index (χ2v) is 4.28. The average Bonchev–Trinajstić information content (AvgIpc) is 2.26. The van der Waals surface area contributed by atoms with E-state index in [1.165, 1.54) is 0 Å². The van der Waals surface area contributed by atoms with Crippen LogP contribution in [-0.2, 0) is 14.3 Å². The minimum Gasteiger partial charge on any atom is -0.378 e. The molecule has 5 heteroatoms. The van der Waals surface area contributed by atoms with Crippen LogP contribution in [0, 0.1) is 5.92 Å². The third kappa shape index (κ3) is 13.3. The maximum absolute atomic E-state index is 11.3. The minimum atomic E-state index is 0. The van der Waals surface area contributed by atoms with Crippen LogP contribution in [0.5, 0.6) is 0 Å². The number of carbonyl (C=O) groups is 1. The summed E-state index contributed by atoms with van der Waals surface area (Å²) in [5, 5.41) is 5.80. The van der Waals surface area contributed by atoms with Gasteiger partial charge in [0.1, 0.15) is 0 Å². The second kappa shape index (κ2) is 11.8. The number of hydrogen-bond donors (Lipinski definition) is 2. The van der Waals surface area contributed by atoms with E-state index < -0.39 is 0 Å². The van der Waals surface area contributed by atoms with Crippen LogP contribution in [-0.4, -0.2) is 52.5 Å². The van der Waals surface area contributed by atoms with Crippen LogP contribution in [0.4, 0.5) is 0 Å². The molecule has 0 saturated carbocycles. The van der Waals surface area contributed by atoms with Crippen LogP contribution in [0.25, 0.3) is 0 Å². The molecule has 17 heavy (non-hydrogen) atoms. The van der Waals surface area contributed by atoms with Gasteiger partial charge < -0.3 is 20.1 Å². The quantitative estimate of drug-likeness (QED) is 0.535. The Morgan fingerprint density at radius 2 is 1.71 bits per heavy atom. The van der Waals surface area contributed by atoms with Crippen LogP contribution in [0.2, 0.25) is 0 Å². The highest BCUT2D eigenvalue weighted by atomic mass is 16.5. The first-order chi connectivity index (χ1) is 8.16. The number of hydrogen-bond acceptors (Lipinski definition) is 4. The van der Waals surface area contributed by atoms with E-state index in [-0.39, 0.29) is 8.76 Å². The maximum atomic E-state index is 11.3. The lowest BCUT2D eigenvalue weighted by Crippen LogP contribution is -2.28. The van der Waals surface area contributed by atoms with Crippen LogP contribution in [0.15, 0.2) is 0 Å². The summed E-state index contributed by atoms with van der Waals surface area (Å²) < 4.78 is 10.6. The molecular formula is C12H30N2O3. The fourth-order valence-corrected chi connectivity index (χ4v) is 1.20. The Morgan fingerprint density at radius 1 is 1.12 bits per heavy atom. The van der Waals surface area contributed by atoms with Crippen molar-refractivity contribution in [3.05, 3.63) is 0 Å². The zero-order valence-corrected chi connectivity index (χ0v) is 11.3. The second-order valence-electron chi connectivity index (χ2n) is 4.28. The van der Waals surface area contributed by atoms with E-state index in [9.17, 15) is 4.79 Å². The number of carbonyl (C=O) groups excluding carboxylic acids is 1. The number of amides is 1. The summed E-state index contributed by atoms with van der Waals surface area (Å²) in [6.45, 7) is 7.89. The van der Waals surface area contributed by atoms with Crippen molar-refractivity contribution in [3.8, 4) is 0 Å². The first-order valence-electron chi connectivity index (χ1n) is 6.23. The van der Waals surface area contributed by atoms with E-state index >= 15 is 0 Å². The molecule has 0 bridgehead atoms. The molecule has 0 atom stereocenters. The Kier molecular flexibility index (Phi) is 11.4. The van der Waals surface area contributed by atoms with Gasteiger partial charge in [-0.3, -0.25) is 4.79 Å². The van der Waals surface area contributed by atoms with Gasteiger partial charge in [-0.05, 0) is 13.0 Å². The smallest absolute Gasteiger partial charge is 0.220 e. The standard InChI is InChI=1S/C12H26N2O3.2H2/c1-11(2)10-12(15)14-5-7-17-9-8-16-6-4-13-3;;/h11,13H,4-10H2,1-3H3,(H,14,15);2*1H. The molecule has 0 unspecified atom stereocenters. The van der Waals surface area contributed by atoms with Crippen LogP contribution in [0.1, 0.15) is 23.1 Å². The summed E-state index contributed by atoms with van der Waals surface area (Å²) in [6, 6.07) is 0. The van der Waals surface area contributed by atoms with Crippen molar-refractivity contribution in [2.24, 2.45) is 5.92 Å². The molecule has 0 aromatic rings. The fraction of sp³-hybridized carbons (Fsp3) is 0.917. The van der Waals surface area contributed by atoms with Gasteiger partial charge >= 0.3 is 0 Å². The average molecular weight is 250 g/mol. The first-order valence-corrected chi connectivity index (χ1v) is 6.23. The summed E-state index contributed by atoms with van der Waals surface area (Å²) >= 11 is 0. The van der Waals surface area contributed by atoms with E-state index in [0.29, 0.717) is 45.3 Å². The van der Waals surface area contributed by atoms with Gasteiger partial charge in [-0.2, -0.15) is 0 Å².